The number of nitrogens with one attached hydrogen (secondary N) is 1. The van der Waals surface area contributed by atoms with Crippen LogP contribution in [0.25, 0.3) is 0 Å². The van der Waals surface area contributed by atoms with Crippen molar-refractivity contribution < 1.29 is 0 Å². The molecule has 52 valence electrons. The topological polar surface area (TPSA) is 12.0 Å². The number of hydrogen-bond donors (Lipinski definition) is 1. The van der Waals surface area contributed by atoms with Gasteiger partial charge in [0.05, 0.1) is 0 Å². The van der Waals surface area contributed by atoms with Gasteiger partial charge in [-0.05, 0) is 25.5 Å². The summed E-state index contributed by atoms with van der Waals surface area (Å²) in [6, 6.07) is 0.829. The van der Waals surface area contributed by atoms with Crippen molar-refractivity contribution in [1.29, 1.82) is 0 Å². The molecule has 0 spiro atoms. The molecular formula is C8H15N. The van der Waals surface area contributed by atoms with Gasteiger partial charge in [-0.15, -0.1) is 0 Å². The standard InChI is InChI=1S/C6H9N.C2H6/c1-2-6-3-5(1)4-7-6;1-2/h4,6-7H,1-3H2;1-2H3. The van der Waals surface area contributed by atoms with Crippen molar-refractivity contribution in [2.75, 3.05) is 0 Å². The van der Waals surface area contributed by atoms with Gasteiger partial charge in [0.1, 0.15) is 0 Å². The molecule has 0 saturated heterocycles. The third-order valence-corrected chi connectivity index (χ3v) is 1.85. The van der Waals surface area contributed by atoms with Crippen molar-refractivity contribution in [3.05, 3.63) is 11.8 Å². The van der Waals surface area contributed by atoms with E-state index in [1.54, 1.807) is 5.57 Å². The second-order valence-electron chi connectivity index (χ2n) is 2.41. The van der Waals surface area contributed by atoms with Crippen molar-refractivity contribution >= 4 is 0 Å². The van der Waals surface area contributed by atoms with Crippen LogP contribution in [0.4, 0.5) is 0 Å². The van der Waals surface area contributed by atoms with Gasteiger partial charge in [0.2, 0.25) is 0 Å². The quantitative estimate of drug-likeness (QED) is 0.522. The first-order valence-electron chi connectivity index (χ1n) is 3.89. The molecule has 1 heteroatoms. The molecule has 1 unspecified atom stereocenters. The molecule has 9 heavy (non-hydrogen) atoms. The minimum Gasteiger partial charge on any atom is -0.388 e. The molecular weight excluding hydrogens is 110 g/mol. The first kappa shape index (κ1) is 6.66. The van der Waals surface area contributed by atoms with E-state index in [1.165, 1.54) is 19.3 Å². The van der Waals surface area contributed by atoms with Crippen LogP contribution in [-0.4, -0.2) is 6.04 Å². The van der Waals surface area contributed by atoms with E-state index >= 15 is 0 Å². The maximum atomic E-state index is 3.29. The Hall–Kier alpha value is -0.460. The summed E-state index contributed by atoms with van der Waals surface area (Å²) in [6.07, 6.45) is 6.25. The maximum Gasteiger partial charge on any atom is 0.0296 e. The molecule has 1 nitrogen and oxygen atoms in total. The van der Waals surface area contributed by atoms with Crippen LogP contribution in [0.3, 0.4) is 0 Å². The summed E-state index contributed by atoms with van der Waals surface area (Å²) in [4.78, 5) is 0. The van der Waals surface area contributed by atoms with E-state index in [9.17, 15) is 0 Å². The largest absolute Gasteiger partial charge is 0.388 e. The van der Waals surface area contributed by atoms with Crippen molar-refractivity contribution in [3.63, 3.8) is 0 Å². The molecule has 1 aliphatic carbocycles. The highest BCUT2D eigenvalue weighted by molar-refractivity contribution is 5.16. The van der Waals surface area contributed by atoms with Crippen LogP contribution < -0.4 is 5.32 Å². The zero-order chi connectivity index (χ0) is 6.69. The monoisotopic (exact) mass is 125 g/mol. The molecule has 0 aromatic heterocycles. The second-order valence-corrected chi connectivity index (χ2v) is 2.41. The second kappa shape index (κ2) is 2.90. The molecule has 2 bridgehead atoms. The molecule has 1 saturated carbocycles. The van der Waals surface area contributed by atoms with Crippen molar-refractivity contribution in [2.24, 2.45) is 0 Å². The van der Waals surface area contributed by atoms with Crippen LogP contribution in [0.1, 0.15) is 33.1 Å². The van der Waals surface area contributed by atoms with E-state index in [-0.39, 0.29) is 0 Å². The van der Waals surface area contributed by atoms with Gasteiger partial charge in [-0.2, -0.15) is 0 Å². The highest BCUT2D eigenvalue weighted by atomic mass is 14.9. The number of fused-ring (bicyclic) bond motifs is 2. The summed E-state index contributed by atoms with van der Waals surface area (Å²) in [6.45, 7) is 4.00. The Morgan fingerprint density at radius 2 is 2.33 bits per heavy atom. The van der Waals surface area contributed by atoms with Gasteiger partial charge in [0.25, 0.3) is 0 Å². The first-order chi connectivity index (χ1) is 4.45. The molecule has 1 aliphatic heterocycles. The predicted octanol–water partition coefficient (Wildman–Crippen LogP) is 2.05. The molecule has 1 atom stereocenters. The lowest BCUT2D eigenvalue weighted by atomic mass is 10.2. The molecule has 0 radical (unpaired) electrons. The predicted molar refractivity (Wildman–Crippen MR) is 40.2 cm³/mol. The van der Waals surface area contributed by atoms with Crippen LogP contribution in [0, 0.1) is 0 Å². The Kier molecular flexibility index (Phi) is 2.15. The van der Waals surface area contributed by atoms with E-state index in [0.29, 0.717) is 0 Å². The molecule has 1 fully saturated rings. The molecule has 2 rings (SSSR count). The van der Waals surface area contributed by atoms with Gasteiger partial charge < -0.3 is 5.32 Å². The zero-order valence-corrected chi connectivity index (χ0v) is 6.28. The maximum absolute atomic E-state index is 3.29. The third kappa shape index (κ3) is 1.26. The average Bonchev–Trinajstić information content (AvgIpc) is 2.53. The molecule has 0 aromatic carbocycles. The van der Waals surface area contributed by atoms with Gasteiger partial charge in [0, 0.05) is 6.04 Å². The highest BCUT2D eigenvalue weighted by Gasteiger charge is 2.22. The molecule has 1 heterocycles. The Morgan fingerprint density at radius 3 is 2.44 bits per heavy atom. The fraction of sp³-hybridized carbons (Fsp3) is 0.750. The Balaban J connectivity index is 0.000000186. The fourth-order valence-corrected chi connectivity index (χ4v) is 1.39. The number of rotatable bonds is 0. The van der Waals surface area contributed by atoms with E-state index in [1.807, 2.05) is 13.8 Å². The minimum absolute atomic E-state index is 0.829. The molecule has 0 aromatic rings. The van der Waals surface area contributed by atoms with Crippen LogP contribution in [0.15, 0.2) is 11.8 Å². The van der Waals surface area contributed by atoms with Gasteiger partial charge in [-0.1, -0.05) is 19.4 Å². The first-order valence-corrected chi connectivity index (χ1v) is 3.89. The van der Waals surface area contributed by atoms with Crippen LogP contribution in [-0.2, 0) is 0 Å². The van der Waals surface area contributed by atoms with Gasteiger partial charge in [-0.25, -0.2) is 0 Å². The van der Waals surface area contributed by atoms with Crippen molar-refractivity contribution in [2.45, 2.75) is 39.2 Å². The van der Waals surface area contributed by atoms with Gasteiger partial charge in [-0.3, -0.25) is 0 Å². The summed E-state index contributed by atoms with van der Waals surface area (Å²) in [7, 11) is 0. The van der Waals surface area contributed by atoms with Gasteiger partial charge >= 0.3 is 0 Å². The lowest BCUT2D eigenvalue weighted by Crippen LogP contribution is -2.16. The van der Waals surface area contributed by atoms with Crippen LogP contribution in [0.5, 0.6) is 0 Å². The van der Waals surface area contributed by atoms with Crippen molar-refractivity contribution in [1.82, 2.24) is 5.32 Å². The van der Waals surface area contributed by atoms with Crippen LogP contribution in [0.2, 0.25) is 0 Å². The highest BCUT2D eigenvalue weighted by Crippen LogP contribution is 2.28. The Labute approximate surface area is 57.1 Å². The summed E-state index contributed by atoms with van der Waals surface area (Å²) in [5.41, 5.74) is 1.63. The van der Waals surface area contributed by atoms with Crippen LogP contribution >= 0.6 is 0 Å². The molecule has 1 N–H and O–H groups in total. The van der Waals surface area contributed by atoms with Gasteiger partial charge in [0.15, 0.2) is 0 Å². The normalized spacial score (nSPS) is 28.2. The third-order valence-electron chi connectivity index (χ3n) is 1.85. The fourth-order valence-electron chi connectivity index (χ4n) is 1.39. The minimum atomic E-state index is 0.829. The Morgan fingerprint density at radius 1 is 1.56 bits per heavy atom. The molecule has 2 aliphatic rings. The Bertz CT molecular complexity index is 116. The zero-order valence-electron chi connectivity index (χ0n) is 6.28. The van der Waals surface area contributed by atoms with E-state index in [0.717, 1.165) is 6.04 Å². The summed E-state index contributed by atoms with van der Waals surface area (Å²) < 4.78 is 0. The SMILES string of the molecule is C1=C2CCC(C2)N1.CC. The van der Waals surface area contributed by atoms with Crippen molar-refractivity contribution in [3.8, 4) is 0 Å². The lowest BCUT2D eigenvalue weighted by molar-refractivity contribution is 0.624. The summed E-state index contributed by atoms with van der Waals surface area (Å²) >= 11 is 0. The lowest BCUT2D eigenvalue weighted by Gasteiger charge is -2.03. The summed E-state index contributed by atoms with van der Waals surface area (Å²) in [5.74, 6) is 0. The van der Waals surface area contributed by atoms with E-state index < -0.39 is 0 Å². The van der Waals surface area contributed by atoms with E-state index in [4.69, 9.17) is 0 Å². The van der Waals surface area contributed by atoms with E-state index in [2.05, 4.69) is 11.5 Å². The average molecular weight is 125 g/mol. The smallest absolute Gasteiger partial charge is 0.0296 e. The molecule has 0 amide bonds. The number of hydrogen-bond acceptors (Lipinski definition) is 1. The summed E-state index contributed by atoms with van der Waals surface area (Å²) in [5, 5.41) is 3.29.